The van der Waals surface area contributed by atoms with E-state index in [9.17, 15) is 0 Å². The number of hydrogen-bond acceptors (Lipinski definition) is 3. The summed E-state index contributed by atoms with van der Waals surface area (Å²) >= 11 is 0. The summed E-state index contributed by atoms with van der Waals surface area (Å²) in [6.45, 7) is 2.38. The first kappa shape index (κ1) is 31.2. The van der Waals surface area contributed by atoms with Crippen LogP contribution in [0.5, 0.6) is 0 Å². The molecule has 1 saturated carbocycles. The molecule has 0 spiro atoms. The first-order valence-corrected chi connectivity index (χ1v) is 19.3. The van der Waals surface area contributed by atoms with E-state index in [1.54, 1.807) is 0 Å². The quantitative estimate of drug-likeness (QED) is 0.190. The van der Waals surface area contributed by atoms with Crippen molar-refractivity contribution in [1.82, 2.24) is 0 Å². The molecule has 0 amide bonds. The van der Waals surface area contributed by atoms with Gasteiger partial charge in [0.25, 0.3) is 0 Å². The summed E-state index contributed by atoms with van der Waals surface area (Å²) < 4.78 is 17.2. The van der Waals surface area contributed by atoms with Crippen molar-refractivity contribution in [3.05, 3.63) is 121 Å². The molecule has 0 saturated heterocycles. The lowest BCUT2D eigenvalue weighted by molar-refractivity contribution is 0.428. The van der Waals surface area contributed by atoms with Crippen LogP contribution in [0.2, 0.25) is 0 Å². The zero-order chi connectivity index (χ0) is 32.3. The highest BCUT2D eigenvalue weighted by atomic mass is 31.1. The summed E-state index contributed by atoms with van der Waals surface area (Å²) in [5.41, 5.74) is 3.15. The molecule has 4 heteroatoms. The van der Waals surface area contributed by atoms with E-state index >= 15 is 0 Å². The average Bonchev–Trinajstić information content (AvgIpc) is 3.29. The van der Waals surface area contributed by atoms with Crippen LogP contribution >= 0.6 is 8.16 Å². The summed E-state index contributed by atoms with van der Waals surface area (Å²) in [5, 5.41) is 9.67. The summed E-state index contributed by atoms with van der Waals surface area (Å²) in [7, 11) is -1.49. The standard InChI is InChI=1S/C44H46NO2P/c1-32(36-26-25-33-17-11-12-20-37(33)31-36)45(38-21-9-7-5-3-2-4-6-8-10-22-38)48-46-41-29-27-34-18-13-15-23-39(34)43(41)44-40-24-16-14-19-35(40)28-30-42(44)47-48/h11-20,23-32,38H,2-10,21-22H2,1H3/t32-/m1/s1. The molecule has 0 bridgehead atoms. The molecule has 1 aromatic heterocycles. The molecule has 0 radical (unpaired) electrons. The van der Waals surface area contributed by atoms with E-state index in [1.165, 1.54) is 109 Å². The normalized spacial score (nSPS) is 16.4. The molecule has 1 aliphatic rings. The van der Waals surface area contributed by atoms with Crippen LogP contribution in [0.25, 0.3) is 54.3 Å². The molecule has 0 aliphatic heterocycles. The van der Waals surface area contributed by atoms with Crippen molar-refractivity contribution >= 4 is 62.4 Å². The topological polar surface area (TPSA) is 29.5 Å². The maximum Gasteiger partial charge on any atom is 0.310 e. The third-order valence-electron chi connectivity index (χ3n) is 10.7. The summed E-state index contributed by atoms with van der Waals surface area (Å²) in [4.78, 5) is 0. The van der Waals surface area contributed by atoms with Crippen LogP contribution in [-0.4, -0.2) is 6.04 Å². The van der Waals surface area contributed by atoms with Crippen molar-refractivity contribution in [3.63, 3.8) is 0 Å². The fourth-order valence-electron chi connectivity index (χ4n) is 8.07. The fourth-order valence-corrected chi connectivity index (χ4v) is 9.85. The van der Waals surface area contributed by atoms with Crippen molar-refractivity contribution in [2.75, 3.05) is 4.67 Å². The number of rotatable bonds is 4. The van der Waals surface area contributed by atoms with Crippen LogP contribution in [0, 0.1) is 0 Å². The van der Waals surface area contributed by atoms with E-state index in [0.717, 1.165) is 21.9 Å². The fraction of sp³-hybridized carbons (Fsp3) is 0.318. The maximum atomic E-state index is 7.28. The third kappa shape index (κ3) is 6.27. The van der Waals surface area contributed by atoms with E-state index < -0.39 is 8.16 Å². The van der Waals surface area contributed by atoms with Gasteiger partial charge in [0, 0.05) is 22.9 Å². The molecule has 0 N–H and O–H groups in total. The molecular weight excluding hydrogens is 605 g/mol. The van der Waals surface area contributed by atoms with E-state index in [2.05, 4.69) is 127 Å². The molecular formula is C44H46NO2P. The highest BCUT2D eigenvalue weighted by Gasteiger charge is 2.31. The summed E-state index contributed by atoms with van der Waals surface area (Å²) in [6, 6.07) is 42.4. The zero-order valence-corrected chi connectivity index (χ0v) is 29.0. The largest absolute Gasteiger partial charge is 0.408 e. The first-order valence-electron chi connectivity index (χ1n) is 18.2. The molecule has 1 atom stereocenters. The van der Waals surface area contributed by atoms with Crippen LogP contribution < -0.4 is 4.67 Å². The highest BCUT2D eigenvalue weighted by molar-refractivity contribution is 7.39. The van der Waals surface area contributed by atoms with E-state index in [4.69, 9.17) is 8.39 Å². The van der Waals surface area contributed by atoms with Crippen molar-refractivity contribution < 1.29 is 8.39 Å². The Morgan fingerprint density at radius 2 is 0.979 bits per heavy atom. The number of fused-ring (bicyclic) bond motifs is 8. The van der Waals surface area contributed by atoms with Crippen LogP contribution in [0.1, 0.15) is 89.2 Å². The molecule has 1 aliphatic carbocycles. The average molecular weight is 652 g/mol. The second-order valence-corrected chi connectivity index (χ2v) is 15.1. The minimum atomic E-state index is -1.49. The van der Waals surface area contributed by atoms with Crippen LogP contribution in [0.15, 0.2) is 124 Å². The van der Waals surface area contributed by atoms with Gasteiger partial charge in [-0.25, -0.2) is 0 Å². The Hall–Kier alpha value is -4.04. The van der Waals surface area contributed by atoms with Crippen LogP contribution in [0.4, 0.5) is 0 Å². The van der Waals surface area contributed by atoms with Crippen LogP contribution in [0.3, 0.4) is 0 Å². The molecule has 8 rings (SSSR count). The van der Waals surface area contributed by atoms with Crippen molar-refractivity contribution in [2.45, 2.75) is 89.6 Å². The van der Waals surface area contributed by atoms with Gasteiger partial charge in [-0.3, -0.25) is 0 Å². The predicted molar refractivity (Wildman–Crippen MR) is 206 cm³/mol. The van der Waals surface area contributed by atoms with Gasteiger partial charge in [0.2, 0.25) is 0 Å². The molecule has 0 unspecified atom stereocenters. The predicted octanol–water partition coefficient (Wildman–Crippen LogP) is 14.1. The van der Waals surface area contributed by atoms with E-state index in [1.807, 2.05) is 0 Å². The van der Waals surface area contributed by atoms with E-state index in [-0.39, 0.29) is 6.04 Å². The molecule has 6 aromatic carbocycles. The maximum absolute atomic E-state index is 7.28. The van der Waals surface area contributed by atoms with E-state index in [0.29, 0.717) is 6.04 Å². The molecule has 1 heterocycles. The summed E-state index contributed by atoms with van der Waals surface area (Å²) in [5.74, 6) is 0. The second-order valence-electron chi connectivity index (χ2n) is 13.8. The van der Waals surface area contributed by atoms with Crippen molar-refractivity contribution in [2.24, 2.45) is 0 Å². The van der Waals surface area contributed by atoms with Crippen molar-refractivity contribution in [1.29, 1.82) is 0 Å². The lowest BCUT2D eigenvalue weighted by Crippen LogP contribution is -2.35. The first-order chi connectivity index (χ1) is 23.7. The summed E-state index contributed by atoms with van der Waals surface area (Å²) in [6.07, 6.45) is 14.3. The Kier molecular flexibility index (Phi) is 9.25. The second kappa shape index (κ2) is 14.2. The molecule has 244 valence electrons. The minimum Gasteiger partial charge on any atom is -0.408 e. The number of nitrogens with zero attached hydrogens (tertiary/aromatic N) is 1. The van der Waals surface area contributed by atoms with Crippen LogP contribution in [-0.2, 0) is 0 Å². The van der Waals surface area contributed by atoms with Gasteiger partial charge in [-0.15, -0.1) is 0 Å². The smallest absolute Gasteiger partial charge is 0.310 e. The van der Waals surface area contributed by atoms with Gasteiger partial charge in [0.15, 0.2) is 0 Å². The Bertz CT molecular complexity index is 2130. The SMILES string of the molecule is C[C@H](c1ccc2ccccc2c1)N(C1CCCCCCCCCCC1)p1oc2ccc3ccccc3c2c2c(ccc3ccccc32)o1. The van der Waals surface area contributed by atoms with Gasteiger partial charge in [0.05, 0.1) is 0 Å². The van der Waals surface area contributed by atoms with Gasteiger partial charge < -0.3 is 8.39 Å². The minimum absolute atomic E-state index is 0.115. The lowest BCUT2D eigenvalue weighted by Gasteiger charge is -2.34. The van der Waals surface area contributed by atoms with Gasteiger partial charge in [0.1, 0.15) is 11.2 Å². The lowest BCUT2D eigenvalue weighted by atomic mass is 9.96. The number of benzene rings is 6. The highest BCUT2D eigenvalue weighted by Crippen LogP contribution is 2.46. The zero-order valence-electron chi connectivity index (χ0n) is 28.1. The third-order valence-corrected chi connectivity index (χ3v) is 12.4. The van der Waals surface area contributed by atoms with Crippen molar-refractivity contribution in [3.8, 4) is 0 Å². The monoisotopic (exact) mass is 651 g/mol. The van der Waals surface area contributed by atoms with Gasteiger partial charge >= 0.3 is 8.16 Å². The van der Waals surface area contributed by atoms with Gasteiger partial charge in [-0.1, -0.05) is 155 Å². The molecule has 7 aromatic rings. The molecule has 1 fully saturated rings. The Morgan fingerprint density at radius 1 is 0.521 bits per heavy atom. The molecule has 48 heavy (non-hydrogen) atoms. The van der Waals surface area contributed by atoms with Gasteiger partial charge in [-0.2, -0.15) is 4.67 Å². The Labute approximate surface area is 285 Å². The van der Waals surface area contributed by atoms with Gasteiger partial charge in [-0.05, 0) is 75.8 Å². The number of hydrogen-bond donors (Lipinski definition) is 0. The Morgan fingerprint density at radius 3 is 1.54 bits per heavy atom. The Balaban J connectivity index is 1.37. The molecule has 3 nitrogen and oxygen atoms in total.